The zero-order chi connectivity index (χ0) is 18.8. The molecule has 1 aliphatic heterocycles. The first-order valence-corrected chi connectivity index (χ1v) is 9.60. The largest absolute Gasteiger partial charge is 0.469 e. The number of nitrogens with zero attached hydrogens (tertiary/aromatic N) is 3. The Hall–Kier alpha value is -1.95. The second-order valence-corrected chi connectivity index (χ2v) is 6.87. The predicted molar refractivity (Wildman–Crippen MR) is 107 cm³/mol. The maximum atomic E-state index is 11.0. The molecule has 0 unspecified atom stereocenters. The third-order valence-electron chi connectivity index (χ3n) is 4.59. The summed E-state index contributed by atoms with van der Waals surface area (Å²) >= 11 is 5.94. The summed E-state index contributed by atoms with van der Waals surface area (Å²) < 4.78 is 4.63. The van der Waals surface area contributed by atoms with E-state index >= 15 is 0 Å². The van der Waals surface area contributed by atoms with Gasteiger partial charge in [0, 0.05) is 49.9 Å². The first-order valence-electron chi connectivity index (χ1n) is 9.22. The summed E-state index contributed by atoms with van der Waals surface area (Å²) in [5.74, 6) is 0.500. The van der Waals surface area contributed by atoms with E-state index in [1.54, 1.807) is 0 Å². The number of benzene rings is 1. The van der Waals surface area contributed by atoms with E-state index in [1.807, 2.05) is 12.1 Å². The molecular formula is C19H29ClN4O2. The second-order valence-electron chi connectivity index (χ2n) is 6.43. The molecule has 1 aliphatic rings. The average molecular weight is 381 g/mol. The summed E-state index contributed by atoms with van der Waals surface area (Å²) in [6.45, 7) is 4.33. The molecule has 1 aromatic carbocycles. The molecule has 1 heterocycles. The quantitative estimate of drug-likeness (QED) is 0.325. The Balaban J connectivity index is 1.63. The maximum Gasteiger partial charge on any atom is 0.305 e. The zero-order valence-corrected chi connectivity index (χ0v) is 16.2. The summed E-state index contributed by atoms with van der Waals surface area (Å²) in [5, 5.41) is 0.758. The van der Waals surface area contributed by atoms with Crippen molar-refractivity contribution in [2.45, 2.75) is 32.1 Å². The number of piperazine rings is 1. The Morgan fingerprint density at radius 1 is 1.12 bits per heavy atom. The number of rotatable bonds is 8. The SMILES string of the molecule is COC(=O)CCCCCCN=C(N)N1CCN(c2ccc(Cl)cc2)CC1. The molecule has 0 radical (unpaired) electrons. The summed E-state index contributed by atoms with van der Waals surface area (Å²) in [7, 11) is 1.43. The lowest BCUT2D eigenvalue weighted by Gasteiger charge is -2.36. The number of hydrogen-bond acceptors (Lipinski definition) is 4. The molecule has 2 rings (SSSR count). The van der Waals surface area contributed by atoms with Crippen molar-refractivity contribution in [1.82, 2.24) is 4.90 Å². The number of hydrogen-bond donors (Lipinski definition) is 1. The van der Waals surface area contributed by atoms with Crippen LogP contribution in [0.1, 0.15) is 32.1 Å². The van der Waals surface area contributed by atoms with Gasteiger partial charge in [0.05, 0.1) is 7.11 Å². The summed E-state index contributed by atoms with van der Waals surface area (Å²) in [5.41, 5.74) is 7.32. The fourth-order valence-electron chi connectivity index (χ4n) is 2.98. The van der Waals surface area contributed by atoms with Gasteiger partial charge in [0.25, 0.3) is 0 Å². The lowest BCUT2D eigenvalue weighted by atomic mass is 10.1. The number of ether oxygens (including phenoxy) is 1. The van der Waals surface area contributed by atoms with Gasteiger partial charge in [0.2, 0.25) is 0 Å². The smallest absolute Gasteiger partial charge is 0.305 e. The van der Waals surface area contributed by atoms with Gasteiger partial charge in [-0.1, -0.05) is 24.4 Å². The fraction of sp³-hybridized carbons (Fsp3) is 0.579. The van der Waals surface area contributed by atoms with Crippen molar-refractivity contribution in [2.75, 3.05) is 44.7 Å². The van der Waals surface area contributed by atoms with Crippen LogP contribution < -0.4 is 10.6 Å². The van der Waals surface area contributed by atoms with Crippen LogP contribution in [0.5, 0.6) is 0 Å². The minimum absolute atomic E-state index is 0.134. The minimum atomic E-state index is -0.134. The highest BCUT2D eigenvalue weighted by Crippen LogP contribution is 2.19. The lowest BCUT2D eigenvalue weighted by Crippen LogP contribution is -2.51. The number of carbonyl (C=O) groups is 1. The predicted octanol–water partition coefficient (Wildman–Crippen LogP) is 2.90. The standard InChI is InChI=1S/C19H29ClN4O2/c1-26-18(25)6-4-2-3-5-11-22-19(21)24-14-12-23(13-15-24)17-9-7-16(20)8-10-17/h7-10H,2-6,11-15H2,1H3,(H2,21,22). The van der Waals surface area contributed by atoms with Gasteiger partial charge < -0.3 is 20.3 Å². The molecule has 144 valence electrons. The Labute approximate surface area is 161 Å². The van der Waals surface area contributed by atoms with Crippen LogP contribution in [0, 0.1) is 0 Å². The molecule has 0 atom stereocenters. The van der Waals surface area contributed by atoms with Gasteiger partial charge in [0.15, 0.2) is 5.96 Å². The molecule has 7 heteroatoms. The number of methoxy groups -OCH3 is 1. The number of esters is 1. The van der Waals surface area contributed by atoms with E-state index in [1.165, 1.54) is 12.8 Å². The number of unbranched alkanes of at least 4 members (excludes halogenated alkanes) is 3. The van der Waals surface area contributed by atoms with Gasteiger partial charge in [-0.05, 0) is 37.1 Å². The molecule has 6 nitrogen and oxygen atoms in total. The van der Waals surface area contributed by atoms with E-state index < -0.39 is 0 Å². The van der Waals surface area contributed by atoms with Gasteiger partial charge in [0.1, 0.15) is 0 Å². The number of nitrogens with two attached hydrogens (primary N) is 1. The lowest BCUT2D eigenvalue weighted by molar-refractivity contribution is -0.140. The molecule has 0 bridgehead atoms. The van der Waals surface area contributed by atoms with E-state index in [4.69, 9.17) is 17.3 Å². The van der Waals surface area contributed by atoms with Crippen LogP contribution in [-0.4, -0.2) is 56.7 Å². The molecule has 0 aliphatic carbocycles. The normalized spacial score (nSPS) is 15.2. The topological polar surface area (TPSA) is 71.2 Å². The Kier molecular flexibility index (Phi) is 8.54. The van der Waals surface area contributed by atoms with Crippen molar-refractivity contribution in [1.29, 1.82) is 0 Å². The molecule has 1 fully saturated rings. The molecular weight excluding hydrogens is 352 g/mol. The van der Waals surface area contributed by atoms with Gasteiger partial charge in [-0.25, -0.2) is 0 Å². The van der Waals surface area contributed by atoms with E-state index in [9.17, 15) is 4.79 Å². The molecule has 0 saturated carbocycles. The highest BCUT2D eigenvalue weighted by atomic mass is 35.5. The second kappa shape index (κ2) is 10.9. The van der Waals surface area contributed by atoms with Crippen LogP contribution in [0.4, 0.5) is 5.69 Å². The highest BCUT2D eigenvalue weighted by molar-refractivity contribution is 6.30. The van der Waals surface area contributed by atoms with Crippen molar-refractivity contribution < 1.29 is 9.53 Å². The minimum Gasteiger partial charge on any atom is -0.469 e. The number of aliphatic imine (C=N–C) groups is 1. The Bertz CT molecular complexity index is 584. The average Bonchev–Trinajstić information content (AvgIpc) is 2.67. The monoisotopic (exact) mass is 380 g/mol. The molecule has 26 heavy (non-hydrogen) atoms. The van der Waals surface area contributed by atoms with E-state index in [0.717, 1.165) is 63.4 Å². The molecule has 0 spiro atoms. The van der Waals surface area contributed by atoms with Gasteiger partial charge in [-0.2, -0.15) is 0 Å². The Morgan fingerprint density at radius 3 is 2.42 bits per heavy atom. The summed E-state index contributed by atoms with van der Waals surface area (Å²) in [6.07, 6.45) is 4.44. The van der Waals surface area contributed by atoms with Crippen molar-refractivity contribution in [3.8, 4) is 0 Å². The number of carbonyl (C=O) groups excluding carboxylic acids is 1. The van der Waals surface area contributed by atoms with Crippen molar-refractivity contribution in [3.63, 3.8) is 0 Å². The third kappa shape index (κ3) is 6.75. The molecule has 0 aromatic heterocycles. The summed E-state index contributed by atoms with van der Waals surface area (Å²) in [4.78, 5) is 20.0. The third-order valence-corrected chi connectivity index (χ3v) is 4.84. The van der Waals surface area contributed by atoms with E-state index in [2.05, 4.69) is 31.7 Å². The van der Waals surface area contributed by atoms with Gasteiger partial charge in [-0.15, -0.1) is 0 Å². The van der Waals surface area contributed by atoms with Crippen LogP contribution in [0.25, 0.3) is 0 Å². The van der Waals surface area contributed by atoms with Crippen LogP contribution in [0.15, 0.2) is 29.3 Å². The molecule has 1 aromatic rings. The van der Waals surface area contributed by atoms with Gasteiger partial charge >= 0.3 is 5.97 Å². The fourth-order valence-corrected chi connectivity index (χ4v) is 3.10. The maximum absolute atomic E-state index is 11.0. The summed E-state index contributed by atoms with van der Waals surface area (Å²) in [6, 6.07) is 7.94. The Morgan fingerprint density at radius 2 is 1.77 bits per heavy atom. The molecule has 1 saturated heterocycles. The molecule has 0 amide bonds. The van der Waals surface area contributed by atoms with Crippen molar-refractivity contribution in [3.05, 3.63) is 29.3 Å². The van der Waals surface area contributed by atoms with E-state index in [-0.39, 0.29) is 5.97 Å². The van der Waals surface area contributed by atoms with Crippen LogP contribution in [0.2, 0.25) is 5.02 Å². The van der Waals surface area contributed by atoms with Crippen LogP contribution >= 0.6 is 11.6 Å². The van der Waals surface area contributed by atoms with Crippen LogP contribution in [0.3, 0.4) is 0 Å². The number of anilines is 1. The zero-order valence-electron chi connectivity index (χ0n) is 15.5. The first kappa shape index (κ1) is 20.4. The number of halogens is 1. The first-order chi connectivity index (χ1) is 12.6. The van der Waals surface area contributed by atoms with Crippen LogP contribution in [-0.2, 0) is 9.53 Å². The highest BCUT2D eigenvalue weighted by Gasteiger charge is 2.18. The molecule has 2 N–H and O–H groups in total. The van der Waals surface area contributed by atoms with Crippen molar-refractivity contribution >= 4 is 29.2 Å². The van der Waals surface area contributed by atoms with Crippen molar-refractivity contribution in [2.24, 2.45) is 10.7 Å². The van der Waals surface area contributed by atoms with E-state index in [0.29, 0.717) is 12.4 Å². The van der Waals surface area contributed by atoms with Gasteiger partial charge in [-0.3, -0.25) is 9.79 Å². The number of guanidine groups is 1.